The summed E-state index contributed by atoms with van der Waals surface area (Å²) in [5.74, 6) is -0.915. The standard InChI is InChI=1S/C28H34N4O5/c1-35-28(34)25-24(31-27(33)20-9-13-37-18-20)23-16-22(30-21-10-14-36-15-11-21)17-29-26(23)32(25)12-5-8-19-6-3-2-4-7-19/h2-4,6-7,16-17,20-21,30H,5,8-15,18H2,1H3,(H,31,33). The highest BCUT2D eigenvalue weighted by Crippen LogP contribution is 2.34. The Labute approximate surface area is 216 Å². The highest BCUT2D eigenvalue weighted by molar-refractivity contribution is 6.11. The average molecular weight is 507 g/mol. The fraction of sp³-hybridized carbons (Fsp3) is 0.464. The predicted octanol–water partition coefficient (Wildman–Crippen LogP) is 4.02. The van der Waals surface area contributed by atoms with Crippen LogP contribution in [0.5, 0.6) is 0 Å². The summed E-state index contributed by atoms with van der Waals surface area (Å²) in [6.45, 7) is 2.94. The van der Waals surface area contributed by atoms with E-state index in [0.29, 0.717) is 48.6 Å². The molecule has 37 heavy (non-hydrogen) atoms. The minimum atomic E-state index is -0.505. The van der Waals surface area contributed by atoms with Crippen LogP contribution in [0.15, 0.2) is 42.6 Å². The van der Waals surface area contributed by atoms with Crippen LogP contribution in [-0.2, 0) is 32.0 Å². The number of fused-ring (bicyclic) bond motifs is 1. The number of rotatable bonds is 9. The maximum absolute atomic E-state index is 13.1. The number of carbonyl (C=O) groups excluding carboxylic acids is 2. The van der Waals surface area contributed by atoms with Crippen LogP contribution in [0.3, 0.4) is 0 Å². The topological polar surface area (TPSA) is 104 Å². The third-order valence-corrected chi connectivity index (χ3v) is 7.11. The Morgan fingerprint density at radius 1 is 1.11 bits per heavy atom. The summed E-state index contributed by atoms with van der Waals surface area (Å²) in [6.07, 6.45) is 5.93. The van der Waals surface area contributed by atoms with Gasteiger partial charge in [-0.05, 0) is 43.7 Å². The number of hydrogen-bond donors (Lipinski definition) is 2. The minimum Gasteiger partial charge on any atom is -0.464 e. The monoisotopic (exact) mass is 506 g/mol. The van der Waals surface area contributed by atoms with Crippen molar-refractivity contribution in [1.29, 1.82) is 0 Å². The van der Waals surface area contributed by atoms with E-state index in [4.69, 9.17) is 19.2 Å². The Balaban J connectivity index is 1.50. The van der Waals surface area contributed by atoms with E-state index in [-0.39, 0.29) is 17.9 Å². The van der Waals surface area contributed by atoms with Crippen LogP contribution in [0, 0.1) is 5.92 Å². The van der Waals surface area contributed by atoms with Crippen molar-refractivity contribution in [2.24, 2.45) is 5.92 Å². The van der Waals surface area contributed by atoms with Crippen molar-refractivity contribution in [1.82, 2.24) is 9.55 Å². The summed E-state index contributed by atoms with van der Waals surface area (Å²) in [4.78, 5) is 31.0. The Morgan fingerprint density at radius 3 is 2.62 bits per heavy atom. The molecule has 0 spiro atoms. The second-order valence-corrected chi connectivity index (χ2v) is 9.63. The molecule has 1 aromatic carbocycles. The zero-order chi connectivity index (χ0) is 25.6. The van der Waals surface area contributed by atoms with E-state index in [0.717, 1.165) is 44.6 Å². The summed E-state index contributed by atoms with van der Waals surface area (Å²) in [6, 6.07) is 12.5. The number of hydrogen-bond acceptors (Lipinski definition) is 7. The molecule has 2 aliphatic heterocycles. The van der Waals surface area contributed by atoms with Gasteiger partial charge in [0, 0.05) is 37.8 Å². The first-order chi connectivity index (χ1) is 18.1. The summed E-state index contributed by atoms with van der Waals surface area (Å²) >= 11 is 0. The molecule has 0 radical (unpaired) electrons. The number of anilines is 2. The van der Waals surface area contributed by atoms with Gasteiger partial charge in [0.05, 0.1) is 37.2 Å². The van der Waals surface area contributed by atoms with E-state index in [9.17, 15) is 9.59 Å². The van der Waals surface area contributed by atoms with Crippen LogP contribution in [0.25, 0.3) is 11.0 Å². The van der Waals surface area contributed by atoms with Crippen LogP contribution in [0.2, 0.25) is 0 Å². The highest BCUT2D eigenvalue weighted by atomic mass is 16.5. The van der Waals surface area contributed by atoms with Crippen molar-refractivity contribution in [3.63, 3.8) is 0 Å². The number of pyridine rings is 1. The largest absolute Gasteiger partial charge is 0.464 e. The van der Waals surface area contributed by atoms with Gasteiger partial charge in [0.15, 0.2) is 5.69 Å². The van der Waals surface area contributed by atoms with E-state index < -0.39 is 5.97 Å². The normalized spacial score (nSPS) is 18.1. The molecule has 1 unspecified atom stereocenters. The van der Waals surface area contributed by atoms with Crippen molar-refractivity contribution in [2.45, 2.75) is 44.7 Å². The van der Waals surface area contributed by atoms with Crippen LogP contribution in [-0.4, -0.2) is 61.0 Å². The van der Waals surface area contributed by atoms with Crippen molar-refractivity contribution in [3.8, 4) is 0 Å². The van der Waals surface area contributed by atoms with Gasteiger partial charge in [-0.25, -0.2) is 9.78 Å². The molecule has 2 aromatic heterocycles. The van der Waals surface area contributed by atoms with E-state index >= 15 is 0 Å². The molecule has 9 nitrogen and oxygen atoms in total. The Bertz CT molecular complexity index is 1230. The molecule has 1 atom stereocenters. The maximum atomic E-state index is 13.1. The van der Waals surface area contributed by atoms with E-state index in [1.54, 1.807) is 6.20 Å². The van der Waals surface area contributed by atoms with Gasteiger partial charge in [0.2, 0.25) is 5.91 Å². The molecule has 9 heteroatoms. The second-order valence-electron chi connectivity index (χ2n) is 9.63. The van der Waals surface area contributed by atoms with Gasteiger partial charge in [-0.1, -0.05) is 30.3 Å². The lowest BCUT2D eigenvalue weighted by atomic mass is 10.1. The highest BCUT2D eigenvalue weighted by Gasteiger charge is 2.30. The van der Waals surface area contributed by atoms with Crippen LogP contribution >= 0.6 is 0 Å². The van der Waals surface area contributed by atoms with Crippen LogP contribution < -0.4 is 10.6 Å². The number of methoxy groups -OCH3 is 1. The number of aromatic nitrogens is 2. The molecule has 2 fully saturated rings. The number of nitrogens with one attached hydrogen (secondary N) is 2. The maximum Gasteiger partial charge on any atom is 0.356 e. The summed E-state index contributed by atoms with van der Waals surface area (Å²) < 4.78 is 18.0. The smallest absolute Gasteiger partial charge is 0.356 e. The van der Waals surface area contributed by atoms with Gasteiger partial charge in [-0.2, -0.15) is 0 Å². The second kappa shape index (κ2) is 11.7. The van der Waals surface area contributed by atoms with Crippen LogP contribution in [0.4, 0.5) is 11.4 Å². The molecule has 0 aliphatic carbocycles. The van der Waals surface area contributed by atoms with E-state index in [1.807, 2.05) is 28.8 Å². The summed E-state index contributed by atoms with van der Waals surface area (Å²) in [5, 5.41) is 7.30. The zero-order valence-corrected chi connectivity index (χ0v) is 21.2. The van der Waals surface area contributed by atoms with Crippen LogP contribution in [0.1, 0.15) is 41.7 Å². The quantitative estimate of drug-likeness (QED) is 0.423. The molecule has 2 N–H and O–H groups in total. The van der Waals surface area contributed by atoms with E-state index in [1.165, 1.54) is 12.7 Å². The predicted molar refractivity (Wildman–Crippen MR) is 141 cm³/mol. The van der Waals surface area contributed by atoms with Crippen molar-refractivity contribution in [3.05, 3.63) is 53.9 Å². The molecule has 0 bridgehead atoms. The molecule has 3 aromatic rings. The summed E-state index contributed by atoms with van der Waals surface area (Å²) in [7, 11) is 1.36. The number of esters is 1. The Kier molecular flexibility index (Phi) is 8.01. The molecule has 5 rings (SSSR count). The molecule has 196 valence electrons. The molecular weight excluding hydrogens is 472 g/mol. The number of nitrogens with zero attached hydrogens (tertiary/aromatic N) is 2. The fourth-order valence-electron chi connectivity index (χ4n) is 5.09. The molecule has 0 saturated carbocycles. The molecule has 1 amide bonds. The Morgan fingerprint density at radius 2 is 1.89 bits per heavy atom. The first-order valence-corrected chi connectivity index (χ1v) is 13.0. The van der Waals surface area contributed by atoms with E-state index in [2.05, 4.69) is 22.8 Å². The SMILES string of the molecule is COC(=O)c1c(NC(=O)C2CCOC2)c2cc(NC3CCOCC3)cnc2n1CCCc1ccccc1. The number of benzene rings is 1. The van der Waals surface area contributed by atoms with Gasteiger partial charge in [0.25, 0.3) is 0 Å². The number of carbonyl (C=O) groups is 2. The lowest BCUT2D eigenvalue weighted by molar-refractivity contribution is -0.119. The zero-order valence-electron chi connectivity index (χ0n) is 21.2. The number of amides is 1. The molecule has 2 aliphatic rings. The van der Waals surface area contributed by atoms with Gasteiger partial charge in [-0.15, -0.1) is 0 Å². The fourth-order valence-corrected chi connectivity index (χ4v) is 5.09. The van der Waals surface area contributed by atoms with Gasteiger partial charge < -0.3 is 29.4 Å². The first kappa shape index (κ1) is 25.2. The van der Waals surface area contributed by atoms with Crippen molar-refractivity contribution in [2.75, 3.05) is 44.2 Å². The molecule has 2 saturated heterocycles. The lowest BCUT2D eigenvalue weighted by Gasteiger charge is -2.24. The van der Waals surface area contributed by atoms with Crippen molar-refractivity contribution < 1.29 is 23.8 Å². The third kappa shape index (κ3) is 5.78. The Hall–Kier alpha value is -3.43. The van der Waals surface area contributed by atoms with Gasteiger partial charge in [0.1, 0.15) is 5.65 Å². The van der Waals surface area contributed by atoms with Gasteiger partial charge in [-0.3, -0.25) is 4.79 Å². The molecular formula is C28H34N4O5. The van der Waals surface area contributed by atoms with Crippen molar-refractivity contribution >= 4 is 34.3 Å². The average Bonchev–Trinajstić information content (AvgIpc) is 3.57. The first-order valence-electron chi connectivity index (χ1n) is 13.0. The number of ether oxygens (including phenoxy) is 3. The third-order valence-electron chi connectivity index (χ3n) is 7.11. The number of aryl methyl sites for hydroxylation is 2. The molecule has 4 heterocycles. The lowest BCUT2D eigenvalue weighted by Crippen LogP contribution is -2.27. The van der Waals surface area contributed by atoms with Gasteiger partial charge >= 0.3 is 5.97 Å². The summed E-state index contributed by atoms with van der Waals surface area (Å²) in [5.41, 5.74) is 3.47. The minimum absolute atomic E-state index is 0.159.